The molecule has 0 aliphatic heterocycles. The highest BCUT2D eigenvalue weighted by Crippen LogP contribution is 2.33. The zero-order valence-electron chi connectivity index (χ0n) is 11.7. The summed E-state index contributed by atoms with van der Waals surface area (Å²) < 4.78 is 10.1. The van der Waals surface area contributed by atoms with Crippen molar-refractivity contribution < 1.29 is 23.9 Å². The van der Waals surface area contributed by atoms with Crippen molar-refractivity contribution in [1.82, 2.24) is 5.32 Å². The van der Waals surface area contributed by atoms with Gasteiger partial charge in [-0.15, -0.1) is 0 Å². The molecule has 1 amide bonds. The highest BCUT2D eigenvalue weighted by Gasteiger charge is 2.46. The molecule has 0 spiro atoms. The van der Waals surface area contributed by atoms with Gasteiger partial charge in [-0.25, -0.2) is 4.79 Å². The van der Waals surface area contributed by atoms with Gasteiger partial charge in [-0.3, -0.25) is 9.59 Å². The zero-order valence-corrected chi connectivity index (χ0v) is 11.7. The first kappa shape index (κ1) is 15.5. The average Bonchev–Trinajstić information content (AvgIpc) is 3.08. The number of hydrogen-bond acceptors (Lipinski definition) is 5. The van der Waals surface area contributed by atoms with Gasteiger partial charge in [0.1, 0.15) is 5.54 Å². The van der Waals surface area contributed by atoms with Gasteiger partial charge in [-0.1, -0.05) is 27.7 Å². The number of nitrogens with one attached hydrogen (secondary N) is 1. The molecule has 1 N–H and O–H groups in total. The maximum atomic E-state index is 11.6. The first-order valence-electron chi connectivity index (χ1n) is 6.38. The van der Waals surface area contributed by atoms with Crippen LogP contribution in [0.4, 0.5) is 4.79 Å². The molecular weight excluding hydrogens is 250 g/mol. The zero-order chi connectivity index (χ0) is 14.6. The lowest BCUT2D eigenvalue weighted by atomic mass is 10.2. The molecule has 0 saturated heterocycles. The van der Waals surface area contributed by atoms with Gasteiger partial charge in [0, 0.05) is 5.92 Å². The maximum absolute atomic E-state index is 11.6. The Kier molecular flexibility index (Phi) is 4.91. The van der Waals surface area contributed by atoms with Crippen LogP contribution in [0.15, 0.2) is 0 Å². The lowest BCUT2D eigenvalue weighted by Gasteiger charge is -2.23. The number of alkyl carbamates (subject to hydrolysis) is 1. The van der Waals surface area contributed by atoms with E-state index >= 15 is 0 Å². The lowest BCUT2D eigenvalue weighted by molar-refractivity contribution is -0.178. The Morgan fingerprint density at radius 3 is 2.11 bits per heavy atom. The Morgan fingerprint density at radius 1 is 1.16 bits per heavy atom. The topological polar surface area (TPSA) is 81.7 Å². The molecule has 1 atom stereocenters. The van der Waals surface area contributed by atoms with Gasteiger partial charge in [0.2, 0.25) is 6.29 Å². The summed E-state index contributed by atoms with van der Waals surface area (Å²) in [6.07, 6.45) is 1.17. The number of esters is 1. The van der Waals surface area contributed by atoms with Gasteiger partial charge in [-0.2, -0.15) is 0 Å². The van der Waals surface area contributed by atoms with Crippen molar-refractivity contribution in [1.29, 1.82) is 0 Å². The number of rotatable bonds is 6. The fraction of sp³-hybridized carbons (Fsp3) is 0.769. The summed E-state index contributed by atoms with van der Waals surface area (Å²) >= 11 is 0. The van der Waals surface area contributed by atoms with Crippen LogP contribution in [-0.2, 0) is 19.1 Å². The quantitative estimate of drug-likeness (QED) is 0.584. The van der Waals surface area contributed by atoms with E-state index in [0.29, 0.717) is 12.8 Å². The Morgan fingerprint density at radius 2 is 1.74 bits per heavy atom. The molecule has 0 aromatic rings. The first-order chi connectivity index (χ1) is 8.79. The number of ether oxygens (including phenoxy) is 2. The molecular formula is C13H20NO5. The van der Waals surface area contributed by atoms with E-state index in [4.69, 9.17) is 9.47 Å². The van der Waals surface area contributed by atoms with Crippen LogP contribution in [0.1, 0.15) is 40.5 Å². The Labute approximate surface area is 112 Å². The van der Waals surface area contributed by atoms with Gasteiger partial charge in [0.15, 0.2) is 0 Å². The van der Waals surface area contributed by atoms with E-state index in [1.165, 1.54) is 0 Å². The standard InChI is InChI=1S/C13H20NO5/c1-8(2)10(16)18-11(9(3)4)19-12(17)14-13(7-15)5-6-13/h8-9,11H,5-6H2,1-4H3,(H,14,17). The average molecular weight is 270 g/mol. The maximum Gasteiger partial charge on any atom is 0.411 e. The third-order valence-corrected chi connectivity index (χ3v) is 2.76. The van der Waals surface area contributed by atoms with Crippen molar-refractivity contribution >= 4 is 18.3 Å². The third kappa shape index (κ3) is 4.54. The summed E-state index contributed by atoms with van der Waals surface area (Å²) in [7, 11) is 0. The minimum atomic E-state index is -0.961. The molecule has 19 heavy (non-hydrogen) atoms. The number of carbonyl (C=O) groups excluding carboxylic acids is 3. The van der Waals surface area contributed by atoms with Crippen LogP contribution in [0.3, 0.4) is 0 Å². The van der Waals surface area contributed by atoms with E-state index in [1.54, 1.807) is 34.0 Å². The Bertz CT molecular complexity index is 360. The van der Waals surface area contributed by atoms with Crippen molar-refractivity contribution in [3.8, 4) is 0 Å². The van der Waals surface area contributed by atoms with E-state index in [2.05, 4.69) is 5.32 Å². The van der Waals surface area contributed by atoms with Crippen LogP contribution >= 0.6 is 0 Å². The molecule has 6 nitrogen and oxygen atoms in total. The summed E-state index contributed by atoms with van der Waals surface area (Å²) in [6.45, 7) is 6.93. The molecule has 1 rings (SSSR count). The molecule has 1 radical (unpaired) electrons. The van der Waals surface area contributed by atoms with Gasteiger partial charge in [0.05, 0.1) is 5.92 Å². The highest BCUT2D eigenvalue weighted by molar-refractivity contribution is 5.79. The second-order valence-electron chi connectivity index (χ2n) is 5.42. The van der Waals surface area contributed by atoms with Gasteiger partial charge in [0.25, 0.3) is 6.29 Å². The summed E-state index contributed by atoms with van der Waals surface area (Å²) in [4.78, 5) is 33.7. The van der Waals surface area contributed by atoms with E-state index < -0.39 is 23.9 Å². The molecule has 1 fully saturated rings. The monoisotopic (exact) mass is 270 g/mol. The summed E-state index contributed by atoms with van der Waals surface area (Å²) in [5, 5.41) is 2.43. The van der Waals surface area contributed by atoms with Gasteiger partial charge >= 0.3 is 12.1 Å². The largest absolute Gasteiger partial charge is 0.425 e. The molecule has 1 unspecified atom stereocenters. The van der Waals surface area contributed by atoms with Crippen LogP contribution in [-0.4, -0.2) is 30.2 Å². The normalized spacial score (nSPS) is 17.8. The van der Waals surface area contributed by atoms with Crippen LogP contribution < -0.4 is 5.32 Å². The van der Waals surface area contributed by atoms with E-state index in [9.17, 15) is 14.4 Å². The van der Waals surface area contributed by atoms with E-state index in [-0.39, 0.29) is 11.8 Å². The van der Waals surface area contributed by atoms with E-state index in [0.717, 1.165) is 0 Å². The Hall–Kier alpha value is -1.59. The van der Waals surface area contributed by atoms with Gasteiger partial charge < -0.3 is 14.8 Å². The molecule has 0 heterocycles. The second kappa shape index (κ2) is 6.04. The Balaban J connectivity index is 2.51. The van der Waals surface area contributed by atoms with Crippen molar-refractivity contribution in [2.75, 3.05) is 0 Å². The summed E-state index contributed by atoms with van der Waals surface area (Å²) in [6, 6.07) is 0. The minimum absolute atomic E-state index is 0.177. The SMILES string of the molecule is CC(C)C(=O)OC(OC(=O)NC1([C]=O)CC1)C(C)C. The molecule has 6 heteroatoms. The second-order valence-corrected chi connectivity index (χ2v) is 5.42. The smallest absolute Gasteiger partial charge is 0.411 e. The minimum Gasteiger partial charge on any atom is -0.425 e. The lowest BCUT2D eigenvalue weighted by Crippen LogP contribution is -2.42. The fourth-order valence-corrected chi connectivity index (χ4v) is 1.25. The molecule has 0 bridgehead atoms. The van der Waals surface area contributed by atoms with Crippen LogP contribution in [0.2, 0.25) is 0 Å². The predicted octanol–water partition coefficient (Wildman–Crippen LogP) is 1.54. The number of hydrogen-bond donors (Lipinski definition) is 1. The van der Waals surface area contributed by atoms with E-state index in [1.807, 2.05) is 0 Å². The molecule has 0 aromatic carbocycles. The molecule has 107 valence electrons. The molecule has 1 aliphatic rings. The number of amides is 1. The first-order valence-corrected chi connectivity index (χ1v) is 6.38. The van der Waals surface area contributed by atoms with Crippen molar-refractivity contribution in [2.45, 2.75) is 52.4 Å². The van der Waals surface area contributed by atoms with Crippen molar-refractivity contribution in [2.24, 2.45) is 11.8 Å². The fourth-order valence-electron chi connectivity index (χ4n) is 1.25. The predicted molar refractivity (Wildman–Crippen MR) is 66.8 cm³/mol. The van der Waals surface area contributed by atoms with Crippen LogP contribution in [0.25, 0.3) is 0 Å². The van der Waals surface area contributed by atoms with Crippen LogP contribution in [0, 0.1) is 11.8 Å². The molecule has 1 aliphatic carbocycles. The summed E-state index contributed by atoms with van der Waals surface area (Å²) in [5.74, 6) is -0.913. The molecule has 1 saturated carbocycles. The highest BCUT2D eigenvalue weighted by atomic mass is 16.7. The van der Waals surface area contributed by atoms with Gasteiger partial charge in [-0.05, 0) is 12.8 Å². The van der Waals surface area contributed by atoms with Crippen LogP contribution in [0.5, 0.6) is 0 Å². The third-order valence-electron chi connectivity index (χ3n) is 2.76. The summed E-state index contributed by atoms with van der Waals surface area (Å²) in [5.41, 5.74) is -0.902. The number of carbonyl (C=O) groups is 2. The molecule has 0 aromatic heterocycles. The van der Waals surface area contributed by atoms with Crippen molar-refractivity contribution in [3.05, 3.63) is 0 Å². The van der Waals surface area contributed by atoms with Crippen molar-refractivity contribution in [3.63, 3.8) is 0 Å².